The number of hydrogen-bond acceptors (Lipinski definition) is 5. The normalized spacial score (nSPS) is 11.0. The van der Waals surface area contributed by atoms with Gasteiger partial charge in [-0.15, -0.1) is 0 Å². The minimum absolute atomic E-state index is 0.0955. The van der Waals surface area contributed by atoms with Crippen molar-refractivity contribution >= 4 is 11.6 Å². The Morgan fingerprint density at radius 2 is 2.22 bits per heavy atom. The maximum absolute atomic E-state index is 12.8. The number of aryl methyl sites for hydroxylation is 1. The van der Waals surface area contributed by atoms with Crippen LogP contribution in [0.4, 0.5) is 14.5 Å². The Balaban J connectivity index is 2.08. The van der Waals surface area contributed by atoms with Crippen LogP contribution in [0.2, 0.25) is 0 Å². The molecule has 2 aromatic rings. The Hall–Kier alpha value is -2.85. The number of amides is 1. The van der Waals surface area contributed by atoms with Crippen LogP contribution in [0.25, 0.3) is 0 Å². The molecule has 0 bridgehead atoms. The van der Waals surface area contributed by atoms with Gasteiger partial charge in [0, 0.05) is 25.4 Å². The number of nitrogens with one attached hydrogen (secondary N) is 1. The molecule has 124 valence electrons. The number of rotatable bonds is 6. The molecule has 0 saturated carbocycles. The van der Waals surface area contributed by atoms with Crippen molar-refractivity contribution in [1.82, 2.24) is 24.9 Å². The second kappa shape index (κ2) is 6.50. The summed E-state index contributed by atoms with van der Waals surface area (Å²) in [6.07, 6.45) is 0.187. The lowest BCUT2D eigenvalue weighted by atomic mass is 10.3. The van der Waals surface area contributed by atoms with Crippen LogP contribution in [0.5, 0.6) is 0 Å². The van der Waals surface area contributed by atoms with Gasteiger partial charge in [0.15, 0.2) is 0 Å². The number of hydrogen-bond donors (Lipinski definition) is 1. The summed E-state index contributed by atoms with van der Waals surface area (Å²) in [4.78, 5) is 21.8. The predicted octanol–water partition coefficient (Wildman–Crippen LogP) is 1.09. The molecule has 11 heteroatoms. The smallest absolute Gasteiger partial charge is 0.319 e. The van der Waals surface area contributed by atoms with Gasteiger partial charge in [0.05, 0.1) is 11.1 Å². The third-order valence-electron chi connectivity index (χ3n) is 3.13. The molecular weight excluding hydrogens is 314 g/mol. The van der Waals surface area contributed by atoms with E-state index in [9.17, 15) is 23.7 Å². The quantitative estimate of drug-likeness (QED) is 0.631. The fourth-order valence-corrected chi connectivity index (χ4v) is 2.04. The highest BCUT2D eigenvalue weighted by Gasteiger charge is 2.31. The Labute approximate surface area is 129 Å². The summed E-state index contributed by atoms with van der Waals surface area (Å²) in [7, 11) is 1.73. The number of nitrogens with zero attached hydrogens (tertiary/aromatic N) is 5. The van der Waals surface area contributed by atoms with Crippen molar-refractivity contribution in [2.24, 2.45) is 7.05 Å². The summed E-state index contributed by atoms with van der Waals surface area (Å²) in [6.45, 7) is 1.09. The Kier molecular flexibility index (Phi) is 4.67. The predicted molar refractivity (Wildman–Crippen MR) is 73.6 cm³/mol. The maximum Gasteiger partial charge on any atom is 0.319 e. The fourth-order valence-electron chi connectivity index (χ4n) is 2.04. The minimum atomic E-state index is -3.09. The third-order valence-corrected chi connectivity index (χ3v) is 3.13. The van der Waals surface area contributed by atoms with E-state index in [0.717, 1.165) is 10.2 Å². The molecule has 0 saturated heterocycles. The van der Waals surface area contributed by atoms with Crippen molar-refractivity contribution < 1.29 is 18.5 Å². The van der Waals surface area contributed by atoms with Gasteiger partial charge < -0.3 is 5.32 Å². The Morgan fingerprint density at radius 1 is 1.52 bits per heavy atom. The summed E-state index contributed by atoms with van der Waals surface area (Å²) in [6, 6.07) is 0. The zero-order chi connectivity index (χ0) is 17.1. The van der Waals surface area contributed by atoms with Gasteiger partial charge in [0.25, 0.3) is 6.43 Å². The molecule has 1 amide bonds. The first-order valence-electron chi connectivity index (χ1n) is 6.53. The molecule has 0 aromatic carbocycles. The van der Waals surface area contributed by atoms with Crippen LogP contribution in [0.1, 0.15) is 23.4 Å². The van der Waals surface area contributed by atoms with Gasteiger partial charge in [-0.05, 0) is 6.92 Å². The topological polar surface area (TPSA) is 108 Å². The lowest BCUT2D eigenvalue weighted by Gasteiger charge is -2.05. The molecule has 0 fully saturated rings. The van der Waals surface area contributed by atoms with E-state index < -0.39 is 28.6 Å². The fraction of sp³-hybridized carbons (Fsp3) is 0.417. The molecule has 1 N–H and O–H groups in total. The van der Waals surface area contributed by atoms with Crippen LogP contribution < -0.4 is 5.32 Å². The summed E-state index contributed by atoms with van der Waals surface area (Å²) in [5.74, 6) is -0.504. The van der Waals surface area contributed by atoms with Gasteiger partial charge >= 0.3 is 5.69 Å². The van der Waals surface area contributed by atoms with Crippen molar-refractivity contribution in [3.05, 3.63) is 39.5 Å². The highest BCUT2D eigenvalue weighted by molar-refractivity contribution is 5.75. The van der Waals surface area contributed by atoms with E-state index >= 15 is 0 Å². The van der Waals surface area contributed by atoms with E-state index in [1.165, 1.54) is 6.92 Å². The SMILES string of the molecule is Cc1c([N+](=O)[O-])c(C(F)F)nn1CC(=O)NCc1cnn(C)c1. The monoisotopic (exact) mass is 328 g/mol. The van der Waals surface area contributed by atoms with Crippen molar-refractivity contribution in [2.45, 2.75) is 26.4 Å². The van der Waals surface area contributed by atoms with E-state index in [0.29, 0.717) is 0 Å². The average molecular weight is 328 g/mol. The standard InChI is InChI=1S/C12H14F2N6O3/c1-7-11(20(22)23)10(12(13)14)17-19(7)6-9(21)15-3-8-4-16-18(2)5-8/h4-5,12H,3,6H2,1-2H3,(H,15,21). The number of alkyl halides is 2. The largest absolute Gasteiger partial charge is 0.350 e. The first kappa shape index (κ1) is 16.5. The first-order valence-corrected chi connectivity index (χ1v) is 6.53. The highest BCUT2D eigenvalue weighted by Crippen LogP contribution is 2.30. The van der Waals surface area contributed by atoms with Crippen LogP contribution in [0.3, 0.4) is 0 Å². The molecular formula is C12H14F2N6O3. The molecule has 2 rings (SSSR count). The van der Waals surface area contributed by atoms with Crippen LogP contribution in [0.15, 0.2) is 12.4 Å². The van der Waals surface area contributed by atoms with Crippen LogP contribution in [0, 0.1) is 17.0 Å². The molecule has 0 aliphatic heterocycles. The number of aromatic nitrogens is 4. The van der Waals surface area contributed by atoms with E-state index in [2.05, 4.69) is 15.5 Å². The number of carbonyl (C=O) groups excluding carboxylic acids is 1. The summed E-state index contributed by atoms with van der Waals surface area (Å²) in [5, 5.41) is 20.8. The molecule has 0 spiro atoms. The van der Waals surface area contributed by atoms with Gasteiger partial charge in [0.1, 0.15) is 12.2 Å². The number of halogens is 2. The van der Waals surface area contributed by atoms with Gasteiger partial charge in [0.2, 0.25) is 11.6 Å². The summed E-state index contributed by atoms with van der Waals surface area (Å²) in [5.41, 5.74) is -1.04. The molecule has 0 unspecified atom stereocenters. The molecule has 2 aromatic heterocycles. The molecule has 0 aliphatic carbocycles. The second-order valence-corrected chi connectivity index (χ2v) is 4.83. The molecule has 0 atom stereocenters. The van der Waals surface area contributed by atoms with Crippen molar-refractivity contribution in [3.63, 3.8) is 0 Å². The van der Waals surface area contributed by atoms with Crippen molar-refractivity contribution in [2.75, 3.05) is 0 Å². The van der Waals surface area contributed by atoms with Gasteiger partial charge in [-0.25, -0.2) is 8.78 Å². The van der Waals surface area contributed by atoms with E-state index in [-0.39, 0.29) is 18.8 Å². The summed E-state index contributed by atoms with van der Waals surface area (Å²) < 4.78 is 28.1. The van der Waals surface area contributed by atoms with E-state index in [4.69, 9.17) is 0 Å². The van der Waals surface area contributed by atoms with Gasteiger partial charge in [-0.1, -0.05) is 0 Å². The maximum atomic E-state index is 12.8. The molecule has 0 radical (unpaired) electrons. The Bertz CT molecular complexity index is 739. The number of nitro groups is 1. The second-order valence-electron chi connectivity index (χ2n) is 4.83. The lowest BCUT2D eigenvalue weighted by Crippen LogP contribution is -2.27. The van der Waals surface area contributed by atoms with E-state index in [1.807, 2.05) is 0 Å². The third kappa shape index (κ3) is 3.67. The van der Waals surface area contributed by atoms with Crippen molar-refractivity contribution in [1.29, 1.82) is 0 Å². The molecule has 0 aliphatic rings. The molecule has 23 heavy (non-hydrogen) atoms. The molecule has 2 heterocycles. The zero-order valence-corrected chi connectivity index (χ0v) is 12.4. The zero-order valence-electron chi connectivity index (χ0n) is 12.4. The van der Waals surface area contributed by atoms with E-state index in [1.54, 1.807) is 24.1 Å². The van der Waals surface area contributed by atoms with Crippen LogP contribution in [-0.4, -0.2) is 30.4 Å². The minimum Gasteiger partial charge on any atom is -0.350 e. The highest BCUT2D eigenvalue weighted by atomic mass is 19.3. The molecule has 9 nitrogen and oxygen atoms in total. The Morgan fingerprint density at radius 3 is 2.70 bits per heavy atom. The van der Waals surface area contributed by atoms with Crippen LogP contribution in [-0.2, 0) is 24.9 Å². The average Bonchev–Trinajstić information content (AvgIpc) is 3.01. The first-order chi connectivity index (χ1) is 10.8. The summed E-state index contributed by atoms with van der Waals surface area (Å²) >= 11 is 0. The van der Waals surface area contributed by atoms with Crippen LogP contribution >= 0.6 is 0 Å². The van der Waals surface area contributed by atoms with Crippen molar-refractivity contribution in [3.8, 4) is 0 Å². The lowest BCUT2D eigenvalue weighted by molar-refractivity contribution is -0.386. The number of carbonyl (C=O) groups is 1. The van der Waals surface area contributed by atoms with Gasteiger partial charge in [-0.3, -0.25) is 24.3 Å². The van der Waals surface area contributed by atoms with Gasteiger partial charge in [-0.2, -0.15) is 10.2 Å².